The lowest BCUT2D eigenvalue weighted by molar-refractivity contribution is 1.16. The van der Waals surface area contributed by atoms with E-state index in [1.54, 1.807) is 0 Å². The summed E-state index contributed by atoms with van der Waals surface area (Å²) in [4.78, 5) is 12.4. The first-order valence-corrected chi connectivity index (χ1v) is 6.23. The highest BCUT2D eigenvalue weighted by Crippen LogP contribution is 2.27. The van der Waals surface area contributed by atoms with Gasteiger partial charge in [-0.3, -0.25) is 5.32 Å². The quantitative estimate of drug-likeness (QED) is 0.739. The Morgan fingerprint density at radius 3 is 2.84 bits per heavy atom. The number of hydrogen-bond acceptors (Lipinski definition) is 7. The first-order chi connectivity index (χ1) is 9.26. The largest absolute Gasteiger partial charge is 0.382 e. The summed E-state index contributed by atoms with van der Waals surface area (Å²) in [5.74, 6) is 0.483. The second-order valence-electron chi connectivity index (χ2n) is 3.72. The molecule has 3 N–H and O–H groups in total. The predicted octanol–water partition coefficient (Wildman–Crippen LogP) is 2.28. The summed E-state index contributed by atoms with van der Waals surface area (Å²) < 4.78 is 1.08. The zero-order chi connectivity index (χ0) is 13.2. The standard InChI is InChI=1S/C12H8N6S/c13-5-7-6-15-11(17-10(7)14)18-12-16-8-3-1-2-4-9(8)19-12/h1-4,6H,(H3,14,15,16,17,18). The van der Waals surface area contributed by atoms with Crippen LogP contribution in [-0.2, 0) is 0 Å². The van der Waals surface area contributed by atoms with Crippen molar-refractivity contribution in [2.24, 2.45) is 0 Å². The Morgan fingerprint density at radius 1 is 1.26 bits per heavy atom. The number of benzene rings is 1. The van der Waals surface area contributed by atoms with Crippen LogP contribution in [0.25, 0.3) is 10.2 Å². The zero-order valence-corrected chi connectivity index (χ0v) is 10.5. The van der Waals surface area contributed by atoms with E-state index in [1.165, 1.54) is 17.5 Å². The van der Waals surface area contributed by atoms with Crippen LogP contribution in [0.3, 0.4) is 0 Å². The molecule has 2 aromatic heterocycles. The van der Waals surface area contributed by atoms with Gasteiger partial charge < -0.3 is 5.73 Å². The second kappa shape index (κ2) is 4.51. The zero-order valence-electron chi connectivity index (χ0n) is 9.66. The molecular formula is C12H8N6S. The fourth-order valence-electron chi connectivity index (χ4n) is 1.56. The molecule has 0 saturated carbocycles. The van der Waals surface area contributed by atoms with Crippen molar-refractivity contribution in [1.29, 1.82) is 5.26 Å². The van der Waals surface area contributed by atoms with Gasteiger partial charge in [0.15, 0.2) is 5.13 Å². The molecule has 0 aliphatic heterocycles. The fourth-order valence-corrected chi connectivity index (χ4v) is 2.42. The summed E-state index contributed by atoms with van der Waals surface area (Å²) in [5, 5.41) is 12.4. The van der Waals surface area contributed by atoms with E-state index in [2.05, 4.69) is 20.3 Å². The van der Waals surface area contributed by atoms with Gasteiger partial charge in [-0.05, 0) is 12.1 Å². The molecule has 0 aliphatic rings. The Hall–Kier alpha value is -2.72. The Bertz CT molecular complexity index is 755. The Morgan fingerprint density at radius 2 is 2.11 bits per heavy atom. The molecular weight excluding hydrogens is 260 g/mol. The van der Waals surface area contributed by atoms with Crippen molar-refractivity contribution in [3.8, 4) is 6.07 Å². The van der Waals surface area contributed by atoms with Crippen LogP contribution in [0.4, 0.5) is 16.9 Å². The van der Waals surface area contributed by atoms with Gasteiger partial charge in [0.1, 0.15) is 17.5 Å². The van der Waals surface area contributed by atoms with Crippen molar-refractivity contribution in [2.45, 2.75) is 0 Å². The molecule has 0 spiro atoms. The molecule has 3 aromatic rings. The average molecular weight is 268 g/mol. The Labute approximate surface area is 112 Å². The van der Waals surface area contributed by atoms with Gasteiger partial charge in [0.2, 0.25) is 5.95 Å². The third-order valence-corrected chi connectivity index (χ3v) is 3.40. The number of nitrogens with zero attached hydrogens (tertiary/aromatic N) is 4. The number of rotatable bonds is 2. The molecule has 2 heterocycles. The molecule has 0 fully saturated rings. The minimum Gasteiger partial charge on any atom is -0.382 e. The highest BCUT2D eigenvalue weighted by atomic mass is 32.1. The van der Waals surface area contributed by atoms with E-state index in [4.69, 9.17) is 11.0 Å². The minimum absolute atomic E-state index is 0.154. The van der Waals surface area contributed by atoms with Crippen molar-refractivity contribution < 1.29 is 0 Å². The van der Waals surface area contributed by atoms with Crippen molar-refractivity contribution in [3.63, 3.8) is 0 Å². The molecule has 0 bridgehead atoms. The number of nitrogens with two attached hydrogens (primary N) is 1. The number of aromatic nitrogens is 3. The number of thiazole rings is 1. The van der Waals surface area contributed by atoms with E-state index in [0.717, 1.165) is 10.2 Å². The number of hydrogen-bond donors (Lipinski definition) is 2. The number of para-hydroxylation sites is 1. The first kappa shape index (κ1) is 11.4. The lowest BCUT2D eigenvalue weighted by atomic mass is 10.3. The summed E-state index contributed by atoms with van der Waals surface area (Å²) in [6.45, 7) is 0. The van der Waals surface area contributed by atoms with Crippen molar-refractivity contribution >= 4 is 38.5 Å². The monoisotopic (exact) mass is 268 g/mol. The van der Waals surface area contributed by atoms with Crippen LogP contribution in [0.1, 0.15) is 5.56 Å². The number of nitriles is 1. The van der Waals surface area contributed by atoms with Gasteiger partial charge in [0.05, 0.1) is 16.4 Å². The van der Waals surface area contributed by atoms with Crippen molar-refractivity contribution in [2.75, 3.05) is 11.1 Å². The van der Waals surface area contributed by atoms with Crippen LogP contribution in [0.2, 0.25) is 0 Å². The Kier molecular flexibility index (Phi) is 2.70. The predicted molar refractivity (Wildman–Crippen MR) is 74.1 cm³/mol. The topological polar surface area (TPSA) is 101 Å². The summed E-state index contributed by atoms with van der Waals surface area (Å²) in [5.41, 5.74) is 6.80. The minimum atomic E-state index is 0.154. The van der Waals surface area contributed by atoms with Gasteiger partial charge in [-0.15, -0.1) is 0 Å². The normalized spacial score (nSPS) is 10.3. The highest BCUT2D eigenvalue weighted by Gasteiger charge is 2.07. The maximum absolute atomic E-state index is 8.75. The molecule has 0 amide bonds. The van der Waals surface area contributed by atoms with Crippen LogP contribution in [0, 0.1) is 11.3 Å². The van der Waals surface area contributed by atoms with Crippen LogP contribution in [0.15, 0.2) is 30.5 Å². The molecule has 3 rings (SSSR count). The smallest absolute Gasteiger partial charge is 0.231 e. The number of nitrogens with one attached hydrogen (secondary N) is 1. The van der Waals surface area contributed by atoms with Gasteiger partial charge >= 0.3 is 0 Å². The fraction of sp³-hybridized carbons (Fsp3) is 0. The molecule has 0 saturated heterocycles. The van der Waals surface area contributed by atoms with E-state index in [9.17, 15) is 0 Å². The van der Waals surface area contributed by atoms with E-state index >= 15 is 0 Å². The molecule has 7 heteroatoms. The van der Waals surface area contributed by atoms with Gasteiger partial charge in [-0.2, -0.15) is 10.2 Å². The molecule has 0 radical (unpaired) electrons. The number of anilines is 3. The van der Waals surface area contributed by atoms with Gasteiger partial charge in [0, 0.05) is 0 Å². The number of nitrogen functional groups attached to an aromatic ring is 1. The summed E-state index contributed by atoms with van der Waals surface area (Å²) in [7, 11) is 0. The second-order valence-corrected chi connectivity index (χ2v) is 4.75. The van der Waals surface area contributed by atoms with Gasteiger partial charge in [-0.25, -0.2) is 9.97 Å². The Balaban J connectivity index is 1.92. The average Bonchev–Trinajstić information content (AvgIpc) is 2.81. The first-order valence-electron chi connectivity index (χ1n) is 5.41. The van der Waals surface area contributed by atoms with Crippen molar-refractivity contribution in [1.82, 2.24) is 15.0 Å². The maximum Gasteiger partial charge on any atom is 0.231 e. The van der Waals surface area contributed by atoms with Gasteiger partial charge in [-0.1, -0.05) is 23.5 Å². The summed E-state index contributed by atoms with van der Waals surface area (Å²) in [6.07, 6.45) is 1.39. The summed E-state index contributed by atoms with van der Waals surface area (Å²) in [6, 6.07) is 9.74. The van der Waals surface area contributed by atoms with Crippen LogP contribution >= 0.6 is 11.3 Å². The molecule has 6 nitrogen and oxygen atoms in total. The molecule has 92 valence electrons. The SMILES string of the molecule is N#Cc1cnc(Nc2nc3ccccc3s2)nc1N. The molecule has 0 unspecified atom stereocenters. The molecule has 19 heavy (non-hydrogen) atoms. The van der Waals surface area contributed by atoms with E-state index < -0.39 is 0 Å². The van der Waals surface area contributed by atoms with E-state index in [-0.39, 0.29) is 11.4 Å². The van der Waals surface area contributed by atoms with E-state index in [1.807, 2.05) is 30.3 Å². The lowest BCUT2D eigenvalue weighted by Gasteiger charge is -2.01. The van der Waals surface area contributed by atoms with E-state index in [0.29, 0.717) is 11.1 Å². The lowest BCUT2D eigenvalue weighted by Crippen LogP contribution is -2.02. The van der Waals surface area contributed by atoms with Crippen LogP contribution in [0.5, 0.6) is 0 Å². The molecule has 0 aliphatic carbocycles. The number of fused-ring (bicyclic) bond motifs is 1. The summed E-state index contributed by atoms with van der Waals surface area (Å²) >= 11 is 1.50. The third-order valence-electron chi connectivity index (χ3n) is 2.45. The molecule has 1 aromatic carbocycles. The van der Waals surface area contributed by atoms with Crippen LogP contribution in [-0.4, -0.2) is 15.0 Å². The third kappa shape index (κ3) is 2.17. The molecule has 0 atom stereocenters. The van der Waals surface area contributed by atoms with Crippen molar-refractivity contribution in [3.05, 3.63) is 36.0 Å². The van der Waals surface area contributed by atoms with Gasteiger partial charge in [0.25, 0.3) is 0 Å². The highest BCUT2D eigenvalue weighted by molar-refractivity contribution is 7.22. The van der Waals surface area contributed by atoms with Crippen LogP contribution < -0.4 is 11.1 Å². The maximum atomic E-state index is 8.75.